The number of hydrogen-bond donors (Lipinski definition) is 0. The zero-order valence-electron chi connectivity index (χ0n) is 2.03. The van der Waals surface area contributed by atoms with Gasteiger partial charge in [0.1, 0.15) is 0 Å². The molecule has 0 nitrogen and oxygen atoms in total. The van der Waals surface area contributed by atoms with Crippen LogP contribution in [0, 0.1) is 0 Å². The van der Waals surface area contributed by atoms with Crippen molar-refractivity contribution in [2.75, 3.05) is 0 Å². The molecule has 0 heterocycles. The Balaban J connectivity index is 0. The summed E-state index contributed by atoms with van der Waals surface area (Å²) in [6.07, 6.45) is 0. The molecule has 0 atom stereocenters. The predicted molar refractivity (Wildman–Crippen MR) is 29.2 cm³/mol. The van der Waals surface area contributed by atoms with Gasteiger partial charge in [0.2, 0.25) is 0 Å². The molecule has 0 spiro atoms. The van der Waals surface area contributed by atoms with Crippen LogP contribution in [0.4, 0.5) is 0 Å². The molecule has 0 N–H and O–H groups in total. The SMILES string of the molecule is S=P[S-].[S]=[Fe+]. The summed E-state index contributed by atoms with van der Waals surface area (Å²) < 4.78 is 0. The molecule has 0 amide bonds. The molecule has 0 saturated heterocycles. The van der Waals surface area contributed by atoms with Crippen LogP contribution < -0.4 is 0 Å². The van der Waals surface area contributed by atoms with Gasteiger partial charge in [-0.15, -0.1) is 0 Å². The van der Waals surface area contributed by atoms with Crippen LogP contribution in [0.1, 0.15) is 0 Å². The van der Waals surface area contributed by atoms with Crippen molar-refractivity contribution in [3.8, 4) is 0 Å². The molecule has 0 fully saturated rings. The van der Waals surface area contributed by atoms with Gasteiger partial charge < -0.3 is 12.2 Å². The van der Waals surface area contributed by atoms with Crippen molar-refractivity contribution in [2.24, 2.45) is 0 Å². The van der Waals surface area contributed by atoms with Crippen LogP contribution in [0.2, 0.25) is 0 Å². The predicted octanol–water partition coefficient (Wildman–Crippen LogP) is 1.50. The monoisotopic (exact) mass is 183 g/mol. The molecule has 0 bridgehead atoms. The van der Waals surface area contributed by atoms with Gasteiger partial charge in [-0.05, 0) is 0 Å². The van der Waals surface area contributed by atoms with E-state index in [1.807, 2.05) is 0 Å². The van der Waals surface area contributed by atoms with Crippen molar-refractivity contribution in [1.82, 2.24) is 0 Å². The molecule has 0 rings (SSSR count). The average molecular weight is 183 g/mol. The molecule has 0 aromatic carbocycles. The van der Waals surface area contributed by atoms with E-state index in [0.29, 0.717) is 6.56 Å². The molecule has 0 radical (unpaired) electrons. The minimum absolute atomic E-state index is 0.583. The number of hydrogen-bond acceptors (Lipinski definition) is 3. The van der Waals surface area contributed by atoms with Crippen LogP contribution >= 0.6 is 17.1 Å². The molecule has 0 unspecified atom stereocenters. The van der Waals surface area contributed by atoms with Crippen LogP contribution in [-0.4, -0.2) is 0 Å². The molecule has 0 aliphatic carbocycles. The topological polar surface area (TPSA) is 0 Å². The fraction of sp³-hybridized carbons (Fsp3) is 0. The van der Waals surface area contributed by atoms with E-state index in [1.165, 1.54) is 0 Å². The van der Waals surface area contributed by atoms with E-state index in [2.05, 4.69) is 49.0 Å². The minimum atomic E-state index is 0.583. The van der Waals surface area contributed by atoms with Crippen LogP contribution in [0.15, 0.2) is 0 Å². The van der Waals surface area contributed by atoms with E-state index in [-0.39, 0.29) is 0 Å². The fourth-order valence-electron chi connectivity index (χ4n) is 0. The molecule has 31 valence electrons. The summed E-state index contributed by atoms with van der Waals surface area (Å²) in [6, 6.07) is 0. The van der Waals surface area contributed by atoms with Crippen molar-refractivity contribution >= 4 is 41.2 Å². The third-order valence-corrected chi connectivity index (χ3v) is 0. The summed E-state index contributed by atoms with van der Waals surface area (Å²) >= 11 is 11.2. The van der Waals surface area contributed by atoms with Gasteiger partial charge in [-0.25, -0.2) is 0 Å². The number of rotatable bonds is 0. The Labute approximate surface area is 55.4 Å². The molecule has 0 saturated carbocycles. The molecule has 5 heavy (non-hydrogen) atoms. The van der Waals surface area contributed by atoms with Gasteiger partial charge in [0.25, 0.3) is 0 Å². The van der Waals surface area contributed by atoms with Crippen molar-refractivity contribution < 1.29 is 14.4 Å². The van der Waals surface area contributed by atoms with Gasteiger partial charge in [0, 0.05) is 0 Å². The Hall–Kier alpha value is 1.61. The summed E-state index contributed by atoms with van der Waals surface area (Å²) in [5.74, 6) is 0. The van der Waals surface area contributed by atoms with Gasteiger partial charge in [0.05, 0.1) is 0 Å². The second kappa shape index (κ2) is 17.5. The van der Waals surface area contributed by atoms with E-state index in [1.54, 1.807) is 0 Å². The summed E-state index contributed by atoms with van der Waals surface area (Å²) in [5.41, 5.74) is 0. The maximum absolute atomic E-state index is 4.18. The first-order valence-corrected chi connectivity index (χ1v) is 5.07. The molecule has 0 aromatic rings. The molecule has 0 aliphatic rings. The van der Waals surface area contributed by atoms with Crippen LogP contribution in [0.5, 0.6) is 0 Å². The van der Waals surface area contributed by atoms with Crippen molar-refractivity contribution in [3.63, 3.8) is 0 Å². The zero-order valence-corrected chi connectivity index (χ0v) is 6.47. The first kappa shape index (κ1) is 9.79. The van der Waals surface area contributed by atoms with E-state index < -0.39 is 0 Å². The third-order valence-electron chi connectivity index (χ3n) is 0. The van der Waals surface area contributed by atoms with Gasteiger partial charge >= 0.3 is 24.9 Å². The summed E-state index contributed by atoms with van der Waals surface area (Å²) in [7, 11) is 3.83. The van der Waals surface area contributed by atoms with Gasteiger partial charge in [0.15, 0.2) is 0 Å². The Morgan fingerprint density at radius 2 is 1.60 bits per heavy atom. The molecular formula is FePS3. The van der Waals surface area contributed by atoms with Crippen molar-refractivity contribution in [1.29, 1.82) is 0 Å². The first-order chi connectivity index (χ1) is 2.41. The summed E-state index contributed by atoms with van der Waals surface area (Å²) in [6.45, 7) is 0.583. The molecule has 5 heteroatoms. The third kappa shape index (κ3) is 28.2. The van der Waals surface area contributed by atoms with Crippen LogP contribution in [0.3, 0.4) is 0 Å². The Morgan fingerprint density at radius 3 is 1.60 bits per heavy atom. The fourth-order valence-corrected chi connectivity index (χ4v) is 0. The zero-order chi connectivity index (χ0) is 4.71. The van der Waals surface area contributed by atoms with E-state index >= 15 is 0 Å². The van der Waals surface area contributed by atoms with E-state index in [4.69, 9.17) is 0 Å². The van der Waals surface area contributed by atoms with E-state index in [9.17, 15) is 0 Å². The van der Waals surface area contributed by atoms with Crippen molar-refractivity contribution in [3.05, 3.63) is 0 Å². The van der Waals surface area contributed by atoms with Gasteiger partial charge in [-0.2, -0.15) is 6.56 Å². The molecular weight excluding hydrogens is 183 g/mol. The van der Waals surface area contributed by atoms with Gasteiger partial charge in [-0.1, -0.05) is 11.8 Å². The first-order valence-electron chi connectivity index (χ1n) is 0.509. The van der Waals surface area contributed by atoms with Gasteiger partial charge in [-0.3, -0.25) is 0 Å². The van der Waals surface area contributed by atoms with E-state index in [0.717, 1.165) is 0 Å². The summed E-state index contributed by atoms with van der Waals surface area (Å²) in [5, 5.41) is 0. The molecule has 0 aromatic heterocycles. The second-order valence-electron chi connectivity index (χ2n) is 0.0745. The average Bonchev–Trinajstić information content (AvgIpc) is 1.46. The van der Waals surface area contributed by atoms with Crippen molar-refractivity contribution in [2.45, 2.75) is 0 Å². The Kier molecular flexibility index (Phi) is 34.3. The normalized spacial score (nSPS) is 5.00. The molecule has 0 aliphatic heterocycles. The Bertz CT molecular complexity index is 20.9. The standard InChI is InChI=1S/Fe.HPS2.S/c;2-1-3;/h;(H,2,3);/q+1;;/p-1. The van der Waals surface area contributed by atoms with Crippen LogP contribution in [-0.2, 0) is 38.4 Å². The summed E-state index contributed by atoms with van der Waals surface area (Å²) in [4.78, 5) is 0. The second-order valence-corrected chi connectivity index (χ2v) is 2.01. The Morgan fingerprint density at radius 1 is 1.60 bits per heavy atom. The maximum atomic E-state index is 4.18. The quantitative estimate of drug-likeness (QED) is 0.317. The van der Waals surface area contributed by atoms with Crippen LogP contribution in [0.25, 0.3) is 0 Å².